The Morgan fingerprint density at radius 3 is 2.44 bits per heavy atom. The second-order valence-electron chi connectivity index (χ2n) is 4.54. The molecule has 18 heavy (non-hydrogen) atoms. The first-order chi connectivity index (χ1) is 8.74. The summed E-state index contributed by atoms with van der Waals surface area (Å²) in [7, 11) is 0. The molecule has 0 spiro atoms. The minimum atomic E-state index is 0.609. The molecule has 0 aromatic heterocycles. The van der Waals surface area contributed by atoms with Crippen LogP contribution in [0.5, 0.6) is 0 Å². The molecular weight excluding hydrogens is 265 g/mol. The van der Waals surface area contributed by atoms with E-state index >= 15 is 0 Å². The highest BCUT2D eigenvalue weighted by atomic mass is 35.5. The van der Waals surface area contributed by atoms with E-state index in [1.54, 1.807) is 0 Å². The molecule has 1 heterocycles. The molecule has 92 valence electrons. The van der Waals surface area contributed by atoms with Crippen LogP contribution in [0.2, 0.25) is 10.0 Å². The quantitative estimate of drug-likeness (QED) is 0.739. The predicted molar refractivity (Wildman–Crippen MR) is 77.7 cm³/mol. The number of rotatable bonds is 1. The highest BCUT2D eigenvalue weighted by Gasteiger charge is 2.16. The number of hydrogen-bond acceptors (Lipinski definition) is 1. The van der Waals surface area contributed by atoms with E-state index in [0.29, 0.717) is 10.0 Å². The number of fused-ring (bicyclic) bond motifs is 1. The van der Waals surface area contributed by atoms with Crippen LogP contribution in [-0.4, -0.2) is 6.54 Å². The van der Waals surface area contributed by atoms with E-state index in [0.717, 1.165) is 25.2 Å². The third kappa shape index (κ3) is 2.21. The van der Waals surface area contributed by atoms with Gasteiger partial charge in [0.1, 0.15) is 0 Å². The van der Waals surface area contributed by atoms with Crippen molar-refractivity contribution in [3.8, 4) is 0 Å². The average molecular weight is 278 g/mol. The monoisotopic (exact) mass is 277 g/mol. The molecule has 0 unspecified atom stereocenters. The van der Waals surface area contributed by atoms with Gasteiger partial charge in [0.05, 0.1) is 10.0 Å². The zero-order valence-electron chi connectivity index (χ0n) is 9.87. The van der Waals surface area contributed by atoms with E-state index in [2.05, 4.69) is 29.2 Å². The van der Waals surface area contributed by atoms with Crippen LogP contribution in [0.4, 0.5) is 5.69 Å². The Labute approximate surface area is 117 Å². The van der Waals surface area contributed by atoms with Crippen molar-refractivity contribution in [2.24, 2.45) is 0 Å². The van der Waals surface area contributed by atoms with E-state index in [1.807, 2.05) is 18.2 Å². The van der Waals surface area contributed by atoms with Crippen LogP contribution in [0.15, 0.2) is 42.5 Å². The van der Waals surface area contributed by atoms with Crippen LogP contribution < -0.4 is 4.90 Å². The summed E-state index contributed by atoms with van der Waals surface area (Å²) in [6.45, 7) is 1.96. The van der Waals surface area contributed by atoms with Crippen molar-refractivity contribution in [3.63, 3.8) is 0 Å². The lowest BCUT2D eigenvalue weighted by Gasteiger charge is -2.30. The van der Waals surface area contributed by atoms with Crippen molar-refractivity contribution in [3.05, 3.63) is 63.6 Å². The standard InChI is InChI=1S/C15H13Cl2N/c16-14-6-5-13(9-15(14)17)18-8-7-11-3-1-2-4-12(11)10-18/h1-6,9H,7-8,10H2. The van der Waals surface area contributed by atoms with E-state index < -0.39 is 0 Å². The summed E-state index contributed by atoms with van der Waals surface area (Å²) in [6, 6.07) is 14.4. The molecule has 0 N–H and O–H groups in total. The summed E-state index contributed by atoms with van der Waals surface area (Å²) in [6.07, 6.45) is 1.08. The highest BCUT2D eigenvalue weighted by molar-refractivity contribution is 6.42. The molecule has 0 bridgehead atoms. The molecule has 0 radical (unpaired) electrons. The van der Waals surface area contributed by atoms with Crippen molar-refractivity contribution >= 4 is 28.9 Å². The average Bonchev–Trinajstić information content (AvgIpc) is 2.41. The van der Waals surface area contributed by atoms with E-state index in [-0.39, 0.29) is 0 Å². The molecule has 3 heteroatoms. The maximum atomic E-state index is 6.07. The molecule has 1 nitrogen and oxygen atoms in total. The molecule has 0 amide bonds. The molecule has 0 saturated carbocycles. The van der Waals surface area contributed by atoms with Gasteiger partial charge >= 0.3 is 0 Å². The SMILES string of the molecule is Clc1ccc(N2CCc3ccccc3C2)cc1Cl. The third-order valence-corrected chi connectivity index (χ3v) is 4.14. The minimum absolute atomic E-state index is 0.609. The Hall–Kier alpha value is -1.18. The fourth-order valence-electron chi connectivity index (χ4n) is 2.40. The molecule has 2 aromatic carbocycles. The Morgan fingerprint density at radius 1 is 0.889 bits per heavy atom. The summed E-state index contributed by atoms with van der Waals surface area (Å²) in [5, 5.41) is 1.23. The van der Waals surface area contributed by atoms with Gasteiger partial charge in [-0.15, -0.1) is 0 Å². The van der Waals surface area contributed by atoms with Crippen LogP contribution in [0, 0.1) is 0 Å². The molecular formula is C15H13Cl2N. The van der Waals surface area contributed by atoms with Crippen molar-refractivity contribution in [1.29, 1.82) is 0 Å². The van der Waals surface area contributed by atoms with Gasteiger partial charge in [-0.25, -0.2) is 0 Å². The van der Waals surface area contributed by atoms with Crippen molar-refractivity contribution in [2.75, 3.05) is 11.4 Å². The van der Waals surface area contributed by atoms with Gasteiger partial charge < -0.3 is 4.90 Å². The normalized spacial score (nSPS) is 14.4. The van der Waals surface area contributed by atoms with Gasteiger partial charge in [-0.2, -0.15) is 0 Å². The third-order valence-electron chi connectivity index (χ3n) is 3.40. The molecule has 2 aromatic rings. The van der Waals surface area contributed by atoms with E-state index in [1.165, 1.54) is 11.1 Å². The van der Waals surface area contributed by atoms with Gasteiger partial charge in [-0.1, -0.05) is 47.5 Å². The number of halogens is 2. The van der Waals surface area contributed by atoms with Crippen molar-refractivity contribution in [2.45, 2.75) is 13.0 Å². The van der Waals surface area contributed by atoms with Crippen LogP contribution in [0.25, 0.3) is 0 Å². The molecule has 0 fully saturated rings. The van der Waals surface area contributed by atoms with E-state index in [4.69, 9.17) is 23.2 Å². The van der Waals surface area contributed by atoms with Crippen LogP contribution >= 0.6 is 23.2 Å². The van der Waals surface area contributed by atoms with Crippen molar-refractivity contribution < 1.29 is 0 Å². The number of benzene rings is 2. The molecule has 0 atom stereocenters. The maximum absolute atomic E-state index is 6.07. The van der Waals surface area contributed by atoms with Crippen LogP contribution in [0.3, 0.4) is 0 Å². The lowest BCUT2D eigenvalue weighted by molar-refractivity contribution is 0.732. The Balaban J connectivity index is 1.89. The van der Waals surface area contributed by atoms with Gasteiger partial charge in [-0.3, -0.25) is 0 Å². The first-order valence-electron chi connectivity index (χ1n) is 6.01. The van der Waals surface area contributed by atoms with Gasteiger partial charge in [0.25, 0.3) is 0 Å². The Morgan fingerprint density at radius 2 is 1.67 bits per heavy atom. The van der Waals surface area contributed by atoms with Crippen LogP contribution in [0.1, 0.15) is 11.1 Å². The number of anilines is 1. The predicted octanol–water partition coefficient (Wildman–Crippen LogP) is 4.56. The summed E-state index contributed by atoms with van der Waals surface area (Å²) >= 11 is 12.0. The molecule has 0 aliphatic carbocycles. The van der Waals surface area contributed by atoms with Crippen molar-refractivity contribution in [1.82, 2.24) is 0 Å². The van der Waals surface area contributed by atoms with Gasteiger partial charge in [0.15, 0.2) is 0 Å². The summed E-state index contributed by atoms with van der Waals surface area (Å²) in [5.41, 5.74) is 3.99. The minimum Gasteiger partial charge on any atom is -0.367 e. The topological polar surface area (TPSA) is 3.24 Å². The number of nitrogens with zero attached hydrogens (tertiary/aromatic N) is 1. The first kappa shape index (κ1) is 11.9. The largest absolute Gasteiger partial charge is 0.367 e. The zero-order valence-corrected chi connectivity index (χ0v) is 11.4. The first-order valence-corrected chi connectivity index (χ1v) is 6.76. The smallest absolute Gasteiger partial charge is 0.0612 e. The Kier molecular flexibility index (Phi) is 3.19. The molecule has 1 aliphatic rings. The second-order valence-corrected chi connectivity index (χ2v) is 5.35. The van der Waals surface area contributed by atoms with Gasteiger partial charge in [0.2, 0.25) is 0 Å². The maximum Gasteiger partial charge on any atom is 0.0612 e. The number of hydrogen-bond donors (Lipinski definition) is 0. The molecule has 0 saturated heterocycles. The lowest BCUT2D eigenvalue weighted by Crippen LogP contribution is -2.30. The van der Waals surface area contributed by atoms with Crippen LogP contribution in [-0.2, 0) is 13.0 Å². The summed E-state index contributed by atoms with van der Waals surface area (Å²) < 4.78 is 0. The highest BCUT2D eigenvalue weighted by Crippen LogP contribution is 2.30. The fourth-order valence-corrected chi connectivity index (χ4v) is 2.69. The van der Waals surface area contributed by atoms with Gasteiger partial charge in [0, 0.05) is 18.8 Å². The van der Waals surface area contributed by atoms with Gasteiger partial charge in [-0.05, 0) is 35.7 Å². The molecule has 1 aliphatic heterocycles. The van der Waals surface area contributed by atoms with E-state index in [9.17, 15) is 0 Å². The zero-order chi connectivity index (χ0) is 12.5. The molecule has 3 rings (SSSR count). The fraction of sp³-hybridized carbons (Fsp3) is 0.200. The Bertz CT molecular complexity index is 580. The second kappa shape index (κ2) is 4.83. The summed E-state index contributed by atoms with van der Waals surface area (Å²) in [5.74, 6) is 0. The lowest BCUT2D eigenvalue weighted by atomic mass is 9.99. The summed E-state index contributed by atoms with van der Waals surface area (Å²) in [4.78, 5) is 2.34.